The summed E-state index contributed by atoms with van der Waals surface area (Å²) in [5.74, 6) is -0.0168. The molecule has 1 aliphatic heterocycles. The number of hydrogen-bond donors (Lipinski definition) is 1. The number of nitrogens with one attached hydrogen (secondary N) is 1. The first-order valence-corrected chi connectivity index (χ1v) is 10.8. The molecule has 1 heterocycles. The Morgan fingerprint density at radius 1 is 1.04 bits per heavy atom. The van der Waals surface area contributed by atoms with E-state index in [1.54, 1.807) is 48.5 Å². The highest BCUT2D eigenvalue weighted by atomic mass is 32.2. The van der Waals surface area contributed by atoms with Gasteiger partial charge in [0, 0.05) is 6.54 Å². The Hall–Kier alpha value is -2.06. The van der Waals surface area contributed by atoms with Crippen LogP contribution in [0.1, 0.15) is 12.0 Å². The van der Waals surface area contributed by atoms with Crippen LogP contribution in [0.2, 0.25) is 0 Å². The van der Waals surface area contributed by atoms with E-state index in [4.69, 9.17) is 0 Å². The summed E-state index contributed by atoms with van der Waals surface area (Å²) in [6, 6.07) is 15.3. The number of rotatable bonds is 5. The Balaban J connectivity index is 1.80. The van der Waals surface area contributed by atoms with Crippen molar-refractivity contribution in [1.82, 2.24) is 0 Å². The number of nitrogens with zero attached hydrogens (tertiary/aromatic N) is 1. The van der Waals surface area contributed by atoms with Gasteiger partial charge in [-0.15, -0.1) is 0 Å². The highest BCUT2D eigenvalue weighted by Crippen LogP contribution is 2.27. The summed E-state index contributed by atoms with van der Waals surface area (Å²) in [6.07, 6.45) is 0.576. The predicted molar refractivity (Wildman–Crippen MR) is 94.9 cm³/mol. The van der Waals surface area contributed by atoms with Crippen LogP contribution in [0.25, 0.3) is 0 Å². The highest BCUT2D eigenvalue weighted by Gasteiger charge is 2.28. The first-order valence-electron chi connectivity index (χ1n) is 7.51. The van der Waals surface area contributed by atoms with Gasteiger partial charge in [0.2, 0.25) is 20.0 Å². The molecule has 0 radical (unpaired) electrons. The highest BCUT2D eigenvalue weighted by molar-refractivity contribution is 7.93. The van der Waals surface area contributed by atoms with Crippen molar-refractivity contribution in [2.24, 2.45) is 0 Å². The van der Waals surface area contributed by atoms with Crippen LogP contribution >= 0.6 is 0 Å². The van der Waals surface area contributed by atoms with Crippen LogP contribution in [0.5, 0.6) is 0 Å². The number of anilines is 2. The summed E-state index contributed by atoms with van der Waals surface area (Å²) < 4.78 is 52.4. The molecule has 0 aliphatic carbocycles. The second-order valence-electron chi connectivity index (χ2n) is 5.64. The molecule has 0 bridgehead atoms. The topological polar surface area (TPSA) is 83.6 Å². The van der Waals surface area contributed by atoms with Crippen molar-refractivity contribution in [3.8, 4) is 0 Å². The molecule has 0 saturated carbocycles. The fourth-order valence-electron chi connectivity index (χ4n) is 2.66. The SMILES string of the molecule is O=S(=O)(Cc1ccccc1)Nc1cccc(N2CCCS2(=O)=O)c1. The number of hydrogen-bond acceptors (Lipinski definition) is 4. The van der Waals surface area contributed by atoms with Crippen molar-refractivity contribution in [3.63, 3.8) is 0 Å². The monoisotopic (exact) mass is 366 g/mol. The van der Waals surface area contributed by atoms with E-state index in [0.717, 1.165) is 0 Å². The van der Waals surface area contributed by atoms with Gasteiger partial charge in [0.25, 0.3) is 0 Å². The zero-order valence-electron chi connectivity index (χ0n) is 12.9. The first kappa shape index (κ1) is 16.8. The van der Waals surface area contributed by atoms with Crippen LogP contribution in [0.3, 0.4) is 0 Å². The van der Waals surface area contributed by atoms with Crippen molar-refractivity contribution in [2.45, 2.75) is 12.2 Å². The minimum atomic E-state index is -3.57. The van der Waals surface area contributed by atoms with Crippen molar-refractivity contribution >= 4 is 31.4 Å². The molecule has 0 atom stereocenters. The third-order valence-corrected chi connectivity index (χ3v) is 6.84. The van der Waals surface area contributed by atoms with E-state index in [-0.39, 0.29) is 11.5 Å². The molecule has 0 spiro atoms. The van der Waals surface area contributed by atoms with Gasteiger partial charge < -0.3 is 0 Å². The molecule has 2 aromatic carbocycles. The van der Waals surface area contributed by atoms with E-state index in [1.807, 2.05) is 6.07 Å². The summed E-state index contributed by atoms with van der Waals surface area (Å²) in [5.41, 5.74) is 1.52. The largest absolute Gasteiger partial charge is 0.283 e. The van der Waals surface area contributed by atoms with Crippen LogP contribution in [0, 0.1) is 0 Å². The van der Waals surface area contributed by atoms with Crippen LogP contribution < -0.4 is 9.03 Å². The van der Waals surface area contributed by atoms with E-state index in [9.17, 15) is 16.8 Å². The van der Waals surface area contributed by atoms with Crippen LogP contribution in [-0.2, 0) is 25.8 Å². The van der Waals surface area contributed by atoms with Crippen LogP contribution in [-0.4, -0.2) is 29.1 Å². The lowest BCUT2D eigenvalue weighted by Crippen LogP contribution is -2.25. The second-order valence-corrected chi connectivity index (χ2v) is 9.37. The van der Waals surface area contributed by atoms with E-state index in [1.165, 1.54) is 4.31 Å². The van der Waals surface area contributed by atoms with Gasteiger partial charge in [0.15, 0.2) is 0 Å². The minimum Gasteiger partial charge on any atom is -0.283 e. The lowest BCUT2D eigenvalue weighted by atomic mass is 10.2. The van der Waals surface area contributed by atoms with E-state index < -0.39 is 20.0 Å². The lowest BCUT2D eigenvalue weighted by molar-refractivity contribution is 0.598. The summed E-state index contributed by atoms with van der Waals surface area (Å²) in [6.45, 7) is 0.419. The Morgan fingerprint density at radius 2 is 1.79 bits per heavy atom. The Morgan fingerprint density at radius 3 is 2.46 bits per heavy atom. The summed E-state index contributed by atoms with van der Waals surface area (Å²) in [7, 11) is -6.87. The van der Waals surface area contributed by atoms with Gasteiger partial charge >= 0.3 is 0 Å². The zero-order chi connectivity index (χ0) is 17.2. The average Bonchev–Trinajstić information content (AvgIpc) is 2.87. The maximum absolute atomic E-state index is 12.3. The summed E-state index contributed by atoms with van der Waals surface area (Å²) in [4.78, 5) is 0. The zero-order valence-corrected chi connectivity index (χ0v) is 14.6. The van der Waals surface area contributed by atoms with Gasteiger partial charge in [-0.1, -0.05) is 36.4 Å². The van der Waals surface area contributed by atoms with Gasteiger partial charge in [-0.2, -0.15) is 0 Å². The lowest BCUT2D eigenvalue weighted by Gasteiger charge is -2.18. The number of benzene rings is 2. The van der Waals surface area contributed by atoms with Gasteiger partial charge in [-0.25, -0.2) is 16.8 Å². The molecule has 24 heavy (non-hydrogen) atoms. The van der Waals surface area contributed by atoms with Crippen LogP contribution in [0.15, 0.2) is 54.6 Å². The average molecular weight is 366 g/mol. The third kappa shape index (κ3) is 3.88. The van der Waals surface area contributed by atoms with E-state index >= 15 is 0 Å². The van der Waals surface area contributed by atoms with Gasteiger partial charge in [-0.05, 0) is 30.2 Å². The fourth-order valence-corrected chi connectivity index (χ4v) is 5.41. The van der Waals surface area contributed by atoms with E-state index in [0.29, 0.717) is 29.9 Å². The molecule has 1 fully saturated rings. The summed E-state index contributed by atoms with van der Waals surface area (Å²) in [5, 5.41) is 0. The maximum atomic E-state index is 12.3. The molecule has 0 unspecified atom stereocenters. The first-order chi connectivity index (χ1) is 11.4. The van der Waals surface area contributed by atoms with Crippen molar-refractivity contribution < 1.29 is 16.8 Å². The third-order valence-electron chi connectivity index (χ3n) is 3.71. The quantitative estimate of drug-likeness (QED) is 0.879. The molecule has 1 saturated heterocycles. The Bertz CT molecular complexity index is 926. The number of sulfonamides is 2. The fraction of sp³-hybridized carbons (Fsp3) is 0.250. The Kier molecular flexibility index (Phi) is 4.51. The molecule has 1 aliphatic rings. The minimum absolute atomic E-state index is 0.122. The maximum Gasteiger partial charge on any atom is 0.236 e. The van der Waals surface area contributed by atoms with E-state index in [2.05, 4.69) is 4.72 Å². The normalized spacial score (nSPS) is 16.9. The van der Waals surface area contributed by atoms with Gasteiger partial charge in [-0.3, -0.25) is 9.03 Å². The van der Waals surface area contributed by atoms with Crippen molar-refractivity contribution in [2.75, 3.05) is 21.3 Å². The standard InChI is InChI=1S/C16H18N2O4S2/c19-23(20,13-14-6-2-1-3-7-14)17-15-8-4-9-16(12-15)18-10-5-11-24(18,21)22/h1-4,6-9,12,17H,5,10-11,13H2. The predicted octanol–water partition coefficient (Wildman–Crippen LogP) is 2.17. The molecule has 128 valence electrons. The van der Waals surface area contributed by atoms with Crippen LogP contribution in [0.4, 0.5) is 11.4 Å². The molecule has 8 heteroatoms. The van der Waals surface area contributed by atoms with Crippen molar-refractivity contribution in [3.05, 3.63) is 60.2 Å². The van der Waals surface area contributed by atoms with Gasteiger partial charge in [0.05, 0.1) is 22.9 Å². The van der Waals surface area contributed by atoms with Crippen molar-refractivity contribution in [1.29, 1.82) is 0 Å². The molecule has 0 amide bonds. The molecule has 3 rings (SSSR count). The summed E-state index contributed by atoms with van der Waals surface area (Å²) >= 11 is 0. The molecule has 6 nitrogen and oxygen atoms in total. The molecular weight excluding hydrogens is 348 g/mol. The molecule has 0 aromatic heterocycles. The molecule has 1 N–H and O–H groups in total. The molecule has 2 aromatic rings. The second kappa shape index (κ2) is 6.45. The molecular formula is C16H18N2O4S2. The smallest absolute Gasteiger partial charge is 0.236 e. The Labute approximate surface area is 142 Å². The van der Waals surface area contributed by atoms with Gasteiger partial charge in [0.1, 0.15) is 0 Å².